The number of methoxy groups -OCH3 is 1. The summed E-state index contributed by atoms with van der Waals surface area (Å²) >= 11 is 0. The maximum absolute atomic E-state index is 13.1. The van der Waals surface area contributed by atoms with E-state index in [4.69, 9.17) is 9.26 Å². The molecule has 1 unspecified atom stereocenters. The lowest BCUT2D eigenvalue weighted by molar-refractivity contribution is -0.145. The number of rotatable bonds is 10. The number of nitrogens with zero attached hydrogens (tertiary/aromatic N) is 1. The van der Waals surface area contributed by atoms with Crippen LogP contribution in [0.5, 0.6) is 5.75 Å². The number of benzene rings is 1. The number of hydrogen-bond donors (Lipinski definition) is 1. The van der Waals surface area contributed by atoms with Crippen molar-refractivity contribution in [2.75, 3.05) is 20.3 Å². The van der Waals surface area contributed by atoms with E-state index in [1.807, 2.05) is 6.92 Å². The van der Waals surface area contributed by atoms with Gasteiger partial charge in [0.2, 0.25) is 5.91 Å². The first-order valence-corrected chi connectivity index (χ1v) is 9.64. The highest BCUT2D eigenvalue weighted by Gasteiger charge is 2.37. The standard InChI is InChI=1S/C20H25F3N2O5/c1-4-6-13-15(9-8-14-17(13)30-25-18(14)20(21,22)23)29-10-5-7-16(26)24-11-12(2)19(27)28-3/h8-9,12H,4-7,10-11H2,1-3H3,(H,24,26). The van der Waals surface area contributed by atoms with E-state index in [1.54, 1.807) is 6.92 Å². The van der Waals surface area contributed by atoms with Gasteiger partial charge in [-0.05, 0) is 25.0 Å². The molecule has 30 heavy (non-hydrogen) atoms. The Balaban J connectivity index is 1.95. The van der Waals surface area contributed by atoms with Gasteiger partial charge in [-0.25, -0.2) is 0 Å². The quantitative estimate of drug-likeness (QED) is 0.454. The van der Waals surface area contributed by atoms with Crippen LogP contribution < -0.4 is 10.1 Å². The Labute approximate surface area is 171 Å². The van der Waals surface area contributed by atoms with Crippen LogP contribution in [-0.4, -0.2) is 37.3 Å². The summed E-state index contributed by atoms with van der Waals surface area (Å²) in [5, 5.41) is 5.73. The van der Waals surface area contributed by atoms with E-state index < -0.39 is 23.8 Å². The summed E-state index contributed by atoms with van der Waals surface area (Å²) in [6.45, 7) is 3.91. The zero-order chi connectivity index (χ0) is 22.3. The van der Waals surface area contributed by atoms with Gasteiger partial charge < -0.3 is 19.3 Å². The minimum Gasteiger partial charge on any atom is -0.493 e. The number of ether oxygens (including phenoxy) is 2. The van der Waals surface area contributed by atoms with Crippen molar-refractivity contribution in [3.63, 3.8) is 0 Å². The van der Waals surface area contributed by atoms with Gasteiger partial charge in [-0.1, -0.05) is 25.4 Å². The summed E-state index contributed by atoms with van der Waals surface area (Å²) in [7, 11) is 1.28. The predicted octanol–water partition coefficient (Wildman–Crippen LogP) is 3.88. The van der Waals surface area contributed by atoms with Gasteiger partial charge in [0, 0.05) is 18.5 Å². The van der Waals surface area contributed by atoms with Crippen LogP contribution in [-0.2, 0) is 26.9 Å². The third-order valence-corrected chi connectivity index (χ3v) is 4.48. The van der Waals surface area contributed by atoms with Gasteiger partial charge in [0.1, 0.15) is 5.75 Å². The normalized spacial score (nSPS) is 12.6. The molecule has 2 aromatic rings. The van der Waals surface area contributed by atoms with Gasteiger partial charge >= 0.3 is 12.1 Å². The highest BCUT2D eigenvalue weighted by molar-refractivity contribution is 5.85. The molecule has 0 radical (unpaired) electrons. The summed E-state index contributed by atoms with van der Waals surface area (Å²) in [6.07, 6.45) is -2.88. The second-order valence-electron chi connectivity index (χ2n) is 6.88. The second kappa shape index (κ2) is 10.3. The average molecular weight is 430 g/mol. The highest BCUT2D eigenvalue weighted by atomic mass is 19.4. The zero-order valence-corrected chi connectivity index (χ0v) is 17.1. The van der Waals surface area contributed by atoms with Gasteiger partial charge in [-0.3, -0.25) is 9.59 Å². The van der Waals surface area contributed by atoms with E-state index in [9.17, 15) is 22.8 Å². The smallest absolute Gasteiger partial charge is 0.437 e. The average Bonchev–Trinajstić information content (AvgIpc) is 3.15. The maximum atomic E-state index is 13.1. The van der Waals surface area contributed by atoms with E-state index in [-0.39, 0.29) is 36.4 Å². The Bertz CT molecular complexity index is 879. The first kappa shape index (κ1) is 23.5. The topological polar surface area (TPSA) is 90.7 Å². The van der Waals surface area contributed by atoms with Crippen molar-refractivity contribution in [3.8, 4) is 5.75 Å². The predicted molar refractivity (Wildman–Crippen MR) is 102 cm³/mol. The molecule has 1 amide bonds. The van der Waals surface area contributed by atoms with Crippen LogP contribution >= 0.6 is 0 Å². The minimum atomic E-state index is -4.60. The fraction of sp³-hybridized carbons (Fsp3) is 0.550. The van der Waals surface area contributed by atoms with Gasteiger partial charge in [0.05, 0.1) is 25.0 Å². The SMILES string of the molecule is CCCc1c(OCCCC(=O)NCC(C)C(=O)OC)ccc2c(C(F)(F)F)noc12. The van der Waals surface area contributed by atoms with E-state index in [2.05, 4.69) is 15.2 Å². The third kappa shape index (κ3) is 5.87. The number of nitrogens with one attached hydrogen (secondary N) is 1. The fourth-order valence-electron chi connectivity index (χ4n) is 2.92. The van der Waals surface area contributed by atoms with Crippen molar-refractivity contribution in [2.45, 2.75) is 45.7 Å². The van der Waals surface area contributed by atoms with Crippen molar-refractivity contribution in [1.29, 1.82) is 0 Å². The molecule has 166 valence electrons. The van der Waals surface area contributed by atoms with Crippen LogP contribution in [0.3, 0.4) is 0 Å². The molecule has 1 aromatic carbocycles. The van der Waals surface area contributed by atoms with E-state index >= 15 is 0 Å². The molecule has 0 aliphatic heterocycles. The van der Waals surface area contributed by atoms with Gasteiger partial charge in [-0.15, -0.1) is 0 Å². The number of carbonyl (C=O) groups excluding carboxylic acids is 2. The molecular formula is C20H25F3N2O5. The fourth-order valence-corrected chi connectivity index (χ4v) is 2.92. The molecule has 0 saturated heterocycles. The van der Waals surface area contributed by atoms with Crippen LogP contribution in [0.2, 0.25) is 0 Å². The van der Waals surface area contributed by atoms with Gasteiger partial charge in [0.25, 0.3) is 0 Å². The maximum Gasteiger partial charge on any atom is 0.437 e. The Morgan fingerprint density at radius 2 is 2.03 bits per heavy atom. The van der Waals surface area contributed by atoms with Crippen molar-refractivity contribution in [1.82, 2.24) is 10.5 Å². The zero-order valence-electron chi connectivity index (χ0n) is 17.1. The third-order valence-electron chi connectivity index (χ3n) is 4.48. The second-order valence-corrected chi connectivity index (χ2v) is 6.88. The lowest BCUT2D eigenvalue weighted by atomic mass is 10.0. The Morgan fingerprint density at radius 3 is 2.67 bits per heavy atom. The van der Waals surface area contributed by atoms with E-state index in [0.717, 1.165) is 0 Å². The van der Waals surface area contributed by atoms with Crippen LogP contribution in [0.4, 0.5) is 13.2 Å². The number of aromatic nitrogens is 1. The van der Waals surface area contributed by atoms with Crippen LogP contribution in [0, 0.1) is 5.92 Å². The largest absolute Gasteiger partial charge is 0.493 e. The molecule has 2 rings (SSSR count). The Kier molecular flexibility index (Phi) is 8.08. The molecule has 7 nitrogen and oxygen atoms in total. The molecule has 0 aliphatic carbocycles. The number of halogens is 3. The molecule has 10 heteroatoms. The first-order chi connectivity index (χ1) is 14.2. The molecule has 0 saturated carbocycles. The molecule has 1 atom stereocenters. The van der Waals surface area contributed by atoms with Crippen molar-refractivity contribution in [3.05, 3.63) is 23.4 Å². The molecule has 0 bridgehead atoms. The summed E-state index contributed by atoms with van der Waals surface area (Å²) in [5.41, 5.74) is -0.468. The summed E-state index contributed by atoms with van der Waals surface area (Å²) < 4.78 is 54.4. The minimum absolute atomic E-state index is 0.0659. The Morgan fingerprint density at radius 1 is 1.30 bits per heavy atom. The van der Waals surface area contributed by atoms with Crippen LogP contribution in [0.15, 0.2) is 16.7 Å². The molecule has 1 aromatic heterocycles. The van der Waals surface area contributed by atoms with Crippen molar-refractivity contribution >= 4 is 22.8 Å². The Hall–Kier alpha value is -2.78. The number of amides is 1. The molecule has 1 heterocycles. The number of aryl methyl sites for hydroxylation is 1. The lowest BCUT2D eigenvalue weighted by Crippen LogP contribution is -2.32. The summed E-state index contributed by atoms with van der Waals surface area (Å²) in [4.78, 5) is 23.2. The number of alkyl halides is 3. The monoisotopic (exact) mass is 430 g/mol. The lowest BCUT2D eigenvalue weighted by Gasteiger charge is -2.12. The number of fused-ring (bicyclic) bond motifs is 1. The molecule has 0 fully saturated rings. The van der Waals surface area contributed by atoms with Crippen LogP contribution in [0.1, 0.15) is 44.4 Å². The summed E-state index contributed by atoms with van der Waals surface area (Å²) in [6, 6.07) is 2.75. The molecule has 0 spiro atoms. The summed E-state index contributed by atoms with van der Waals surface area (Å²) in [5.74, 6) is -0.668. The van der Waals surface area contributed by atoms with E-state index in [0.29, 0.717) is 30.6 Å². The van der Waals surface area contributed by atoms with Gasteiger partial charge in [-0.2, -0.15) is 13.2 Å². The first-order valence-electron chi connectivity index (χ1n) is 9.64. The van der Waals surface area contributed by atoms with Crippen molar-refractivity contribution in [2.24, 2.45) is 5.92 Å². The molecular weight excluding hydrogens is 405 g/mol. The van der Waals surface area contributed by atoms with Crippen LogP contribution in [0.25, 0.3) is 11.0 Å². The van der Waals surface area contributed by atoms with E-state index in [1.165, 1.54) is 19.2 Å². The molecule has 0 aliphatic rings. The number of hydrogen-bond acceptors (Lipinski definition) is 6. The number of esters is 1. The molecule has 1 N–H and O–H groups in total. The van der Waals surface area contributed by atoms with Crippen molar-refractivity contribution < 1.29 is 36.8 Å². The van der Waals surface area contributed by atoms with Gasteiger partial charge in [0.15, 0.2) is 11.3 Å². The number of carbonyl (C=O) groups is 2. The highest BCUT2D eigenvalue weighted by Crippen LogP contribution is 2.38.